The Bertz CT molecular complexity index is 287. The van der Waals surface area contributed by atoms with E-state index in [9.17, 15) is 0 Å². The van der Waals surface area contributed by atoms with Crippen molar-refractivity contribution in [2.45, 2.75) is 25.4 Å². The van der Waals surface area contributed by atoms with Gasteiger partial charge in [-0.05, 0) is 19.4 Å². The fourth-order valence-electron chi connectivity index (χ4n) is 1.64. The summed E-state index contributed by atoms with van der Waals surface area (Å²) in [6, 6.07) is 0.602. The molecule has 1 fully saturated rings. The van der Waals surface area contributed by atoms with Crippen LogP contribution in [0.1, 0.15) is 17.7 Å². The number of thiazole rings is 1. The molecule has 1 atom stereocenters. The van der Waals surface area contributed by atoms with Crippen molar-refractivity contribution < 1.29 is 0 Å². The zero-order chi connectivity index (χ0) is 9.80. The van der Waals surface area contributed by atoms with Crippen LogP contribution in [0.15, 0.2) is 6.20 Å². The molecule has 0 amide bonds. The number of rotatable bonds is 3. The van der Waals surface area contributed by atoms with E-state index in [4.69, 9.17) is 11.6 Å². The Hall–Kier alpha value is 0.130. The van der Waals surface area contributed by atoms with Crippen molar-refractivity contribution in [1.82, 2.24) is 15.6 Å². The van der Waals surface area contributed by atoms with E-state index in [0.717, 1.165) is 19.6 Å². The van der Waals surface area contributed by atoms with E-state index >= 15 is 0 Å². The Kier molecular flexibility index (Phi) is 5.86. The van der Waals surface area contributed by atoms with Gasteiger partial charge < -0.3 is 10.6 Å². The second-order valence-corrected chi connectivity index (χ2v) is 5.20. The molecule has 0 unspecified atom stereocenters. The molecule has 0 aliphatic carbocycles. The summed E-state index contributed by atoms with van der Waals surface area (Å²) in [6.45, 7) is 3.12. The quantitative estimate of drug-likeness (QED) is 0.881. The first kappa shape index (κ1) is 13.2. The first-order valence-electron chi connectivity index (χ1n) is 4.89. The SMILES string of the molecule is Cl.Clc1ncc(CN[C@@H]2CCCNC2)s1. The largest absolute Gasteiger partial charge is 0.315 e. The minimum absolute atomic E-state index is 0. The van der Waals surface area contributed by atoms with Gasteiger partial charge in [-0.1, -0.05) is 11.6 Å². The third kappa shape index (κ3) is 4.25. The highest BCUT2D eigenvalue weighted by Gasteiger charge is 2.12. The topological polar surface area (TPSA) is 37.0 Å². The summed E-state index contributed by atoms with van der Waals surface area (Å²) in [5, 5.41) is 6.88. The lowest BCUT2D eigenvalue weighted by atomic mass is 10.1. The highest BCUT2D eigenvalue weighted by atomic mass is 35.5. The highest BCUT2D eigenvalue weighted by molar-refractivity contribution is 7.15. The smallest absolute Gasteiger partial charge is 0.183 e. The van der Waals surface area contributed by atoms with E-state index < -0.39 is 0 Å². The van der Waals surface area contributed by atoms with Gasteiger partial charge in [0, 0.05) is 30.2 Å². The van der Waals surface area contributed by atoms with Crippen molar-refractivity contribution in [1.29, 1.82) is 0 Å². The van der Waals surface area contributed by atoms with Gasteiger partial charge in [-0.2, -0.15) is 0 Å². The van der Waals surface area contributed by atoms with Gasteiger partial charge in [0.1, 0.15) is 0 Å². The summed E-state index contributed by atoms with van der Waals surface area (Å²) < 4.78 is 0.628. The van der Waals surface area contributed by atoms with Crippen molar-refractivity contribution in [2.24, 2.45) is 0 Å². The molecule has 1 aliphatic rings. The molecule has 0 saturated carbocycles. The van der Waals surface area contributed by atoms with Gasteiger partial charge in [-0.25, -0.2) is 4.98 Å². The molecule has 6 heteroatoms. The van der Waals surface area contributed by atoms with Crippen molar-refractivity contribution in [3.63, 3.8) is 0 Å². The predicted octanol–water partition coefficient (Wildman–Crippen LogP) is 2.06. The van der Waals surface area contributed by atoms with Crippen molar-refractivity contribution in [3.8, 4) is 0 Å². The van der Waals surface area contributed by atoms with Gasteiger partial charge in [-0.3, -0.25) is 0 Å². The number of hydrogen-bond donors (Lipinski definition) is 2. The van der Waals surface area contributed by atoms with Crippen LogP contribution < -0.4 is 10.6 Å². The van der Waals surface area contributed by atoms with Crippen molar-refractivity contribution >= 4 is 35.3 Å². The summed E-state index contributed by atoms with van der Waals surface area (Å²) in [5.41, 5.74) is 0. The van der Waals surface area contributed by atoms with Gasteiger partial charge in [0.05, 0.1) is 0 Å². The van der Waals surface area contributed by atoms with E-state index in [1.165, 1.54) is 17.7 Å². The lowest BCUT2D eigenvalue weighted by Crippen LogP contribution is -2.42. The molecule has 2 N–H and O–H groups in total. The Balaban J connectivity index is 0.00000112. The molecule has 0 radical (unpaired) electrons. The van der Waals surface area contributed by atoms with Crippen molar-refractivity contribution in [2.75, 3.05) is 13.1 Å². The molecule has 15 heavy (non-hydrogen) atoms. The molecule has 3 nitrogen and oxygen atoms in total. The second kappa shape index (κ2) is 6.66. The van der Waals surface area contributed by atoms with E-state index in [1.807, 2.05) is 6.20 Å². The van der Waals surface area contributed by atoms with E-state index in [2.05, 4.69) is 15.6 Å². The van der Waals surface area contributed by atoms with Crippen LogP contribution in [-0.2, 0) is 6.54 Å². The Morgan fingerprint density at radius 3 is 3.13 bits per heavy atom. The molecule has 2 heterocycles. The molecular formula is C9H15Cl2N3S. The van der Waals surface area contributed by atoms with E-state index in [1.54, 1.807) is 11.3 Å². The first-order chi connectivity index (χ1) is 6.84. The third-order valence-corrected chi connectivity index (χ3v) is 3.50. The molecule has 0 spiro atoms. The van der Waals surface area contributed by atoms with Crippen LogP contribution in [0, 0.1) is 0 Å². The molecule has 0 bridgehead atoms. The fraction of sp³-hybridized carbons (Fsp3) is 0.667. The molecule has 1 aromatic rings. The molecule has 1 aliphatic heterocycles. The maximum absolute atomic E-state index is 5.75. The monoisotopic (exact) mass is 267 g/mol. The molecule has 1 aromatic heterocycles. The summed E-state index contributed by atoms with van der Waals surface area (Å²) in [6.07, 6.45) is 4.37. The zero-order valence-corrected chi connectivity index (χ0v) is 10.7. The fourth-order valence-corrected chi connectivity index (χ4v) is 2.57. The third-order valence-electron chi connectivity index (χ3n) is 2.39. The maximum atomic E-state index is 5.75. The summed E-state index contributed by atoms with van der Waals surface area (Å²) >= 11 is 7.30. The van der Waals surface area contributed by atoms with Crippen LogP contribution >= 0.6 is 35.3 Å². The van der Waals surface area contributed by atoms with E-state index in [-0.39, 0.29) is 12.4 Å². The van der Waals surface area contributed by atoms with Crippen LogP contribution in [0.3, 0.4) is 0 Å². The number of piperidine rings is 1. The Labute approximate surface area is 105 Å². The minimum Gasteiger partial charge on any atom is -0.315 e. The predicted molar refractivity (Wildman–Crippen MR) is 67.1 cm³/mol. The molecule has 0 aromatic carbocycles. The van der Waals surface area contributed by atoms with Crippen molar-refractivity contribution in [3.05, 3.63) is 15.5 Å². The number of nitrogens with zero attached hydrogens (tertiary/aromatic N) is 1. The summed E-state index contributed by atoms with van der Waals surface area (Å²) in [4.78, 5) is 5.22. The van der Waals surface area contributed by atoms with E-state index in [0.29, 0.717) is 10.5 Å². The number of aromatic nitrogens is 1. The molecule has 86 valence electrons. The zero-order valence-electron chi connectivity index (χ0n) is 8.33. The molecule has 1 saturated heterocycles. The Morgan fingerprint density at radius 1 is 1.67 bits per heavy atom. The molecular weight excluding hydrogens is 253 g/mol. The normalized spacial score (nSPS) is 21.0. The number of halogens is 2. The van der Waals surface area contributed by atoms with Gasteiger partial charge in [0.15, 0.2) is 4.47 Å². The first-order valence-corrected chi connectivity index (χ1v) is 6.08. The van der Waals surface area contributed by atoms with Crippen LogP contribution in [-0.4, -0.2) is 24.1 Å². The minimum atomic E-state index is 0. The van der Waals surface area contributed by atoms with Crippen LogP contribution in [0.25, 0.3) is 0 Å². The summed E-state index contributed by atoms with van der Waals surface area (Å²) in [7, 11) is 0. The standard InChI is InChI=1S/C9H14ClN3S.ClH/c10-9-13-6-8(14-9)5-12-7-2-1-3-11-4-7;/h6-7,11-12H,1-5H2;1H/t7-;/m1./s1. The van der Waals surface area contributed by atoms with Gasteiger partial charge in [0.2, 0.25) is 0 Å². The van der Waals surface area contributed by atoms with Gasteiger partial charge in [-0.15, -0.1) is 23.7 Å². The molecule has 2 rings (SSSR count). The van der Waals surface area contributed by atoms with Crippen LogP contribution in [0.4, 0.5) is 0 Å². The second-order valence-electron chi connectivity index (χ2n) is 3.50. The average molecular weight is 268 g/mol. The number of hydrogen-bond acceptors (Lipinski definition) is 4. The number of nitrogens with one attached hydrogen (secondary N) is 2. The van der Waals surface area contributed by atoms with Gasteiger partial charge >= 0.3 is 0 Å². The van der Waals surface area contributed by atoms with Gasteiger partial charge in [0.25, 0.3) is 0 Å². The Morgan fingerprint density at radius 2 is 2.53 bits per heavy atom. The maximum Gasteiger partial charge on any atom is 0.183 e. The lowest BCUT2D eigenvalue weighted by Gasteiger charge is -2.23. The summed E-state index contributed by atoms with van der Waals surface area (Å²) in [5.74, 6) is 0. The van der Waals surface area contributed by atoms with Crippen LogP contribution in [0.5, 0.6) is 0 Å². The lowest BCUT2D eigenvalue weighted by molar-refractivity contribution is 0.390. The average Bonchev–Trinajstić information content (AvgIpc) is 2.63. The van der Waals surface area contributed by atoms with Crippen LogP contribution in [0.2, 0.25) is 4.47 Å². The highest BCUT2D eigenvalue weighted by Crippen LogP contribution is 2.17.